The topological polar surface area (TPSA) is 68.3 Å². The van der Waals surface area contributed by atoms with E-state index in [1.54, 1.807) is 26.4 Å². The lowest BCUT2D eigenvalue weighted by Gasteiger charge is -2.31. The van der Waals surface area contributed by atoms with Crippen molar-refractivity contribution in [3.63, 3.8) is 0 Å². The number of carbonyl (C=O) groups excluding carboxylic acids is 2. The number of amides is 2. The van der Waals surface area contributed by atoms with Crippen LogP contribution >= 0.6 is 0 Å². The van der Waals surface area contributed by atoms with Crippen LogP contribution in [0, 0.1) is 5.92 Å². The van der Waals surface area contributed by atoms with Gasteiger partial charge in [0, 0.05) is 26.2 Å². The minimum Gasteiger partial charge on any atom is -0.496 e. The molecule has 30 heavy (non-hydrogen) atoms. The van der Waals surface area contributed by atoms with Crippen molar-refractivity contribution in [2.45, 2.75) is 50.7 Å². The average molecular weight is 417 g/mol. The van der Waals surface area contributed by atoms with Gasteiger partial charge in [0.15, 0.2) is 0 Å². The minimum absolute atomic E-state index is 0.0306. The minimum atomic E-state index is -0.0744. The highest BCUT2D eigenvalue weighted by molar-refractivity contribution is 6.00. The molecule has 2 amide bonds. The monoisotopic (exact) mass is 416 g/mol. The van der Waals surface area contributed by atoms with Crippen molar-refractivity contribution >= 4 is 11.8 Å². The van der Waals surface area contributed by atoms with E-state index in [1.165, 1.54) is 0 Å². The normalized spacial score (nSPS) is 26.3. The third kappa shape index (κ3) is 4.13. The number of carbonyl (C=O) groups is 2. The molecule has 0 N–H and O–H groups in total. The van der Waals surface area contributed by atoms with E-state index in [0.29, 0.717) is 42.5 Å². The third-order valence-corrected chi connectivity index (χ3v) is 6.71. The molecular formula is C23H32N2O5. The van der Waals surface area contributed by atoms with Crippen molar-refractivity contribution in [3.8, 4) is 11.5 Å². The lowest BCUT2D eigenvalue weighted by Crippen LogP contribution is -2.45. The number of ether oxygens (including phenoxy) is 3. The maximum atomic E-state index is 13.7. The van der Waals surface area contributed by atoms with Gasteiger partial charge in [-0.05, 0) is 43.7 Å². The van der Waals surface area contributed by atoms with E-state index >= 15 is 0 Å². The molecule has 0 aromatic heterocycles. The zero-order chi connectivity index (χ0) is 21.1. The molecule has 3 fully saturated rings. The van der Waals surface area contributed by atoms with Gasteiger partial charge in [-0.1, -0.05) is 12.5 Å². The number of nitrogens with zero attached hydrogens (tertiary/aromatic N) is 2. The molecule has 3 aliphatic rings. The Morgan fingerprint density at radius 1 is 1.07 bits per heavy atom. The second-order valence-corrected chi connectivity index (χ2v) is 8.50. The van der Waals surface area contributed by atoms with Crippen LogP contribution in [0.2, 0.25) is 0 Å². The Morgan fingerprint density at radius 3 is 2.50 bits per heavy atom. The third-order valence-electron chi connectivity index (χ3n) is 6.71. The first-order chi connectivity index (χ1) is 14.6. The van der Waals surface area contributed by atoms with Crippen molar-refractivity contribution in [1.29, 1.82) is 0 Å². The van der Waals surface area contributed by atoms with Crippen molar-refractivity contribution in [2.24, 2.45) is 5.92 Å². The van der Waals surface area contributed by atoms with Crippen LogP contribution in [0.3, 0.4) is 0 Å². The van der Waals surface area contributed by atoms with Gasteiger partial charge < -0.3 is 24.0 Å². The van der Waals surface area contributed by atoms with Crippen molar-refractivity contribution in [3.05, 3.63) is 23.8 Å². The van der Waals surface area contributed by atoms with Crippen LogP contribution in [0.25, 0.3) is 0 Å². The van der Waals surface area contributed by atoms with Crippen LogP contribution in [-0.2, 0) is 9.53 Å². The summed E-state index contributed by atoms with van der Waals surface area (Å²) in [5.74, 6) is 1.42. The molecule has 0 spiro atoms. The molecule has 7 nitrogen and oxygen atoms in total. The van der Waals surface area contributed by atoms with Gasteiger partial charge in [-0.15, -0.1) is 0 Å². The lowest BCUT2D eigenvalue weighted by atomic mass is 9.98. The van der Waals surface area contributed by atoms with Crippen molar-refractivity contribution in [2.75, 3.05) is 40.5 Å². The Hall–Kier alpha value is -2.28. The Morgan fingerprint density at radius 2 is 1.83 bits per heavy atom. The highest BCUT2D eigenvalue weighted by Gasteiger charge is 2.42. The van der Waals surface area contributed by atoms with Crippen LogP contribution < -0.4 is 9.47 Å². The van der Waals surface area contributed by atoms with E-state index in [0.717, 1.165) is 45.3 Å². The second-order valence-electron chi connectivity index (χ2n) is 8.50. The summed E-state index contributed by atoms with van der Waals surface area (Å²) >= 11 is 0. The number of rotatable bonds is 5. The van der Waals surface area contributed by atoms with Gasteiger partial charge in [0.1, 0.15) is 17.1 Å². The number of hydrogen-bond donors (Lipinski definition) is 0. The summed E-state index contributed by atoms with van der Waals surface area (Å²) in [5, 5.41) is 0. The summed E-state index contributed by atoms with van der Waals surface area (Å²) in [4.78, 5) is 30.4. The van der Waals surface area contributed by atoms with Crippen molar-refractivity contribution < 1.29 is 23.8 Å². The predicted molar refractivity (Wildman–Crippen MR) is 112 cm³/mol. The summed E-state index contributed by atoms with van der Waals surface area (Å²) < 4.78 is 16.6. The zero-order valence-corrected chi connectivity index (χ0v) is 18.0. The Bertz CT molecular complexity index is 755. The molecule has 3 saturated heterocycles. The first-order valence-electron chi connectivity index (χ1n) is 11.0. The molecule has 0 unspecified atom stereocenters. The van der Waals surface area contributed by atoms with E-state index in [4.69, 9.17) is 14.2 Å². The summed E-state index contributed by atoms with van der Waals surface area (Å²) in [5.41, 5.74) is 0.465. The molecule has 1 aromatic carbocycles. The molecule has 0 radical (unpaired) electrons. The van der Waals surface area contributed by atoms with Gasteiger partial charge in [0.25, 0.3) is 5.91 Å². The second kappa shape index (κ2) is 9.25. The summed E-state index contributed by atoms with van der Waals surface area (Å²) in [6.45, 7) is 2.77. The molecule has 0 aliphatic carbocycles. The number of likely N-dealkylation sites (tertiary alicyclic amines) is 2. The Kier molecular flexibility index (Phi) is 6.46. The van der Waals surface area contributed by atoms with Gasteiger partial charge in [-0.25, -0.2) is 0 Å². The summed E-state index contributed by atoms with van der Waals surface area (Å²) in [7, 11) is 3.13. The van der Waals surface area contributed by atoms with Gasteiger partial charge in [-0.2, -0.15) is 0 Å². The standard InChI is InChI=1S/C23H32N2O5/c1-28-19-9-5-10-20(29-2)22(19)23(27)25-11-4-3-7-16-14-24(15-18(16)25)21(26)13-17-8-6-12-30-17/h5,9-10,16-18H,3-4,6-8,11-15H2,1-2H3/t16-,17-,18+/m0/s1. The highest BCUT2D eigenvalue weighted by Crippen LogP contribution is 2.35. The maximum absolute atomic E-state index is 13.7. The lowest BCUT2D eigenvalue weighted by molar-refractivity contribution is -0.132. The highest BCUT2D eigenvalue weighted by atomic mass is 16.5. The fraction of sp³-hybridized carbons (Fsp3) is 0.652. The van der Waals surface area contributed by atoms with E-state index in [2.05, 4.69) is 0 Å². The molecule has 3 heterocycles. The van der Waals surface area contributed by atoms with E-state index in [-0.39, 0.29) is 24.0 Å². The fourth-order valence-electron chi connectivity index (χ4n) is 5.14. The first kappa shape index (κ1) is 21.0. The molecule has 0 bridgehead atoms. The molecule has 0 saturated carbocycles. The molecule has 4 rings (SSSR count). The van der Waals surface area contributed by atoms with Crippen LogP contribution in [0.4, 0.5) is 0 Å². The first-order valence-corrected chi connectivity index (χ1v) is 11.0. The largest absolute Gasteiger partial charge is 0.496 e. The number of hydrogen-bond acceptors (Lipinski definition) is 5. The number of fused-ring (bicyclic) bond motifs is 1. The maximum Gasteiger partial charge on any atom is 0.261 e. The Balaban J connectivity index is 1.54. The molecule has 1 aromatic rings. The number of benzene rings is 1. The van der Waals surface area contributed by atoms with Crippen LogP contribution in [-0.4, -0.2) is 74.2 Å². The average Bonchev–Trinajstić information content (AvgIpc) is 3.39. The molecule has 164 valence electrons. The van der Waals surface area contributed by atoms with E-state index < -0.39 is 0 Å². The van der Waals surface area contributed by atoms with Gasteiger partial charge in [0.2, 0.25) is 5.91 Å². The van der Waals surface area contributed by atoms with E-state index in [9.17, 15) is 9.59 Å². The molecule has 7 heteroatoms. The number of methoxy groups -OCH3 is 2. The smallest absolute Gasteiger partial charge is 0.261 e. The van der Waals surface area contributed by atoms with Gasteiger partial charge in [-0.3, -0.25) is 9.59 Å². The van der Waals surface area contributed by atoms with Gasteiger partial charge >= 0.3 is 0 Å². The zero-order valence-electron chi connectivity index (χ0n) is 18.0. The molecule has 3 aliphatic heterocycles. The van der Waals surface area contributed by atoms with Crippen LogP contribution in [0.15, 0.2) is 18.2 Å². The van der Waals surface area contributed by atoms with Gasteiger partial charge in [0.05, 0.1) is 32.8 Å². The SMILES string of the molecule is COc1cccc(OC)c1C(=O)N1CCCC[C@H]2CN(C(=O)C[C@@H]3CCCO3)C[C@H]21. The summed E-state index contributed by atoms with van der Waals surface area (Å²) in [6.07, 6.45) is 5.59. The summed E-state index contributed by atoms with van der Waals surface area (Å²) in [6, 6.07) is 5.43. The van der Waals surface area contributed by atoms with E-state index in [1.807, 2.05) is 15.9 Å². The molecular weight excluding hydrogens is 384 g/mol. The van der Waals surface area contributed by atoms with Crippen LogP contribution in [0.5, 0.6) is 11.5 Å². The fourth-order valence-corrected chi connectivity index (χ4v) is 5.14. The van der Waals surface area contributed by atoms with Crippen LogP contribution in [0.1, 0.15) is 48.9 Å². The van der Waals surface area contributed by atoms with Crippen molar-refractivity contribution in [1.82, 2.24) is 9.80 Å². The quantitative estimate of drug-likeness (QED) is 0.738. The Labute approximate surface area is 178 Å². The predicted octanol–water partition coefficient (Wildman–Crippen LogP) is 2.73. The molecule has 3 atom stereocenters.